The lowest BCUT2D eigenvalue weighted by molar-refractivity contribution is -0.110. The van der Waals surface area contributed by atoms with E-state index in [1.807, 2.05) is 0 Å². The number of anilines is 1. The number of sulfone groups is 1. The number of methoxy groups -OCH3 is 2. The van der Waals surface area contributed by atoms with Gasteiger partial charge >= 0.3 is 0 Å². The molecule has 0 aromatic heterocycles. The molecule has 0 saturated carbocycles. The van der Waals surface area contributed by atoms with Crippen molar-refractivity contribution in [3.05, 3.63) is 47.5 Å². The van der Waals surface area contributed by atoms with Crippen LogP contribution >= 0.6 is 0 Å². The molecule has 130 valence electrons. The van der Waals surface area contributed by atoms with Gasteiger partial charge in [0.25, 0.3) is 5.91 Å². The fraction of sp³-hybridized carbons (Fsp3) is 0.167. The van der Waals surface area contributed by atoms with Gasteiger partial charge in [0.05, 0.1) is 24.8 Å². The Morgan fingerprint density at radius 2 is 1.80 bits per heavy atom. The summed E-state index contributed by atoms with van der Waals surface area (Å²) in [4.78, 5) is 12.5. The van der Waals surface area contributed by atoms with Gasteiger partial charge < -0.3 is 14.8 Å². The van der Waals surface area contributed by atoms with E-state index >= 15 is 0 Å². The van der Waals surface area contributed by atoms with E-state index in [-0.39, 0.29) is 10.8 Å². The maximum Gasteiger partial charge on any atom is 0.256 e. The lowest BCUT2D eigenvalue weighted by Gasteiger charge is -2.08. The van der Waals surface area contributed by atoms with E-state index in [4.69, 9.17) is 9.47 Å². The van der Waals surface area contributed by atoms with Crippen molar-refractivity contribution in [1.82, 2.24) is 0 Å². The lowest BCUT2D eigenvalue weighted by Crippen LogP contribution is -2.04. The highest BCUT2D eigenvalue weighted by atomic mass is 32.2. The van der Waals surface area contributed by atoms with Gasteiger partial charge in [-0.25, -0.2) is 8.42 Å². The molecule has 7 heteroatoms. The molecule has 1 aliphatic rings. The molecule has 0 aliphatic carbocycles. The van der Waals surface area contributed by atoms with Crippen molar-refractivity contribution >= 4 is 33.1 Å². The summed E-state index contributed by atoms with van der Waals surface area (Å²) in [6, 6.07) is 9.87. The molecule has 0 radical (unpaired) electrons. The van der Waals surface area contributed by atoms with E-state index in [2.05, 4.69) is 5.32 Å². The number of rotatable bonds is 4. The average molecular weight is 359 g/mol. The van der Waals surface area contributed by atoms with Crippen molar-refractivity contribution in [3.63, 3.8) is 0 Å². The van der Waals surface area contributed by atoms with Crippen molar-refractivity contribution in [2.45, 2.75) is 4.90 Å². The summed E-state index contributed by atoms with van der Waals surface area (Å²) >= 11 is 0. The quantitative estimate of drug-likeness (QED) is 0.849. The highest BCUT2D eigenvalue weighted by Gasteiger charge is 2.26. The van der Waals surface area contributed by atoms with Crippen LogP contribution in [0.25, 0.3) is 11.6 Å². The van der Waals surface area contributed by atoms with E-state index in [0.29, 0.717) is 33.9 Å². The molecule has 0 bridgehead atoms. The smallest absolute Gasteiger partial charge is 0.256 e. The van der Waals surface area contributed by atoms with Crippen molar-refractivity contribution in [3.8, 4) is 11.5 Å². The number of amides is 1. The van der Waals surface area contributed by atoms with Crippen LogP contribution in [0.5, 0.6) is 11.5 Å². The Labute approximate surface area is 146 Å². The fourth-order valence-corrected chi connectivity index (χ4v) is 3.30. The van der Waals surface area contributed by atoms with Crippen molar-refractivity contribution in [2.24, 2.45) is 0 Å². The van der Waals surface area contributed by atoms with Crippen LogP contribution in [0.1, 0.15) is 11.1 Å². The molecule has 0 fully saturated rings. The molecule has 3 rings (SSSR count). The molecule has 2 aromatic rings. The molecule has 2 aromatic carbocycles. The summed E-state index contributed by atoms with van der Waals surface area (Å²) < 4.78 is 33.9. The third-order valence-corrected chi connectivity index (χ3v) is 5.05. The summed E-state index contributed by atoms with van der Waals surface area (Å²) in [6.45, 7) is 0. The van der Waals surface area contributed by atoms with Gasteiger partial charge in [0.1, 0.15) is 11.5 Å². The summed E-state index contributed by atoms with van der Waals surface area (Å²) in [7, 11) is -0.240. The molecule has 6 nitrogen and oxygen atoms in total. The Morgan fingerprint density at radius 1 is 1.04 bits per heavy atom. The maximum absolute atomic E-state index is 12.3. The van der Waals surface area contributed by atoms with Crippen LogP contribution in [-0.2, 0) is 14.6 Å². The molecule has 25 heavy (non-hydrogen) atoms. The third kappa shape index (κ3) is 3.23. The van der Waals surface area contributed by atoms with E-state index < -0.39 is 9.84 Å². The predicted octanol–water partition coefficient (Wildman–Crippen LogP) is 2.60. The maximum atomic E-state index is 12.3. The van der Waals surface area contributed by atoms with Crippen molar-refractivity contribution < 1.29 is 22.7 Å². The second kappa shape index (κ2) is 6.25. The topological polar surface area (TPSA) is 81.7 Å². The van der Waals surface area contributed by atoms with E-state index in [1.165, 1.54) is 12.1 Å². The zero-order chi connectivity index (χ0) is 18.2. The first-order valence-electron chi connectivity index (χ1n) is 7.43. The third-order valence-electron chi connectivity index (χ3n) is 3.94. The number of nitrogens with one attached hydrogen (secondary N) is 1. The van der Waals surface area contributed by atoms with Gasteiger partial charge in [-0.15, -0.1) is 0 Å². The van der Waals surface area contributed by atoms with Gasteiger partial charge in [0, 0.05) is 23.0 Å². The van der Waals surface area contributed by atoms with Crippen LogP contribution in [0.15, 0.2) is 41.3 Å². The van der Waals surface area contributed by atoms with Crippen molar-refractivity contribution in [1.29, 1.82) is 0 Å². The molecule has 1 heterocycles. The van der Waals surface area contributed by atoms with Crippen LogP contribution in [-0.4, -0.2) is 34.8 Å². The monoisotopic (exact) mass is 359 g/mol. The van der Waals surface area contributed by atoms with Crippen LogP contribution < -0.4 is 14.8 Å². The molecule has 1 aliphatic heterocycles. The zero-order valence-corrected chi connectivity index (χ0v) is 14.8. The first-order valence-corrected chi connectivity index (χ1v) is 9.32. The minimum atomic E-state index is -3.35. The SMILES string of the molecule is COc1ccc(OC)c(C=C2C(=O)Nc3cc(S(C)(=O)=O)ccc32)c1. The molecular formula is C18H17NO5S. The van der Waals surface area contributed by atoms with Gasteiger partial charge in [0.15, 0.2) is 9.84 Å². The number of carbonyl (C=O) groups excluding carboxylic acids is 1. The number of benzene rings is 2. The van der Waals surface area contributed by atoms with Crippen LogP contribution in [0.4, 0.5) is 5.69 Å². The Kier molecular flexibility index (Phi) is 4.26. The van der Waals surface area contributed by atoms with E-state index in [0.717, 1.165) is 6.26 Å². The summed E-state index contributed by atoms with van der Waals surface area (Å²) in [5.41, 5.74) is 2.23. The van der Waals surface area contributed by atoms with Gasteiger partial charge in [-0.2, -0.15) is 0 Å². The zero-order valence-electron chi connectivity index (χ0n) is 14.0. The first-order chi connectivity index (χ1) is 11.8. The van der Waals surface area contributed by atoms with Gasteiger partial charge in [0.2, 0.25) is 0 Å². The molecule has 1 N–H and O–H groups in total. The number of hydrogen-bond acceptors (Lipinski definition) is 5. The standard InChI is InChI=1S/C18H17NO5S/c1-23-12-4-7-17(24-2)11(8-12)9-15-14-6-5-13(25(3,21)22)10-16(14)19-18(15)20/h4-10H,1-3H3,(H,19,20). The van der Waals surface area contributed by atoms with Gasteiger partial charge in [-0.1, -0.05) is 6.07 Å². The summed E-state index contributed by atoms with van der Waals surface area (Å²) in [5, 5.41) is 2.70. The molecule has 0 saturated heterocycles. The minimum absolute atomic E-state index is 0.159. The number of ether oxygens (including phenoxy) is 2. The highest BCUT2D eigenvalue weighted by molar-refractivity contribution is 7.90. The number of carbonyl (C=O) groups is 1. The number of hydrogen-bond donors (Lipinski definition) is 1. The van der Waals surface area contributed by atoms with Crippen LogP contribution in [0.2, 0.25) is 0 Å². The Morgan fingerprint density at radius 3 is 2.44 bits per heavy atom. The first kappa shape index (κ1) is 17.0. The normalized spacial score (nSPS) is 15.0. The van der Waals surface area contributed by atoms with Crippen LogP contribution in [0, 0.1) is 0 Å². The second-order valence-electron chi connectivity index (χ2n) is 5.60. The summed E-state index contributed by atoms with van der Waals surface area (Å²) in [5.74, 6) is 0.937. The number of fused-ring (bicyclic) bond motifs is 1. The Balaban J connectivity index is 2.12. The largest absolute Gasteiger partial charge is 0.497 e. The van der Waals surface area contributed by atoms with Gasteiger partial charge in [-0.05, 0) is 36.4 Å². The summed E-state index contributed by atoms with van der Waals surface area (Å²) in [6.07, 6.45) is 2.83. The molecule has 0 atom stereocenters. The molecular weight excluding hydrogens is 342 g/mol. The molecule has 1 amide bonds. The predicted molar refractivity (Wildman–Crippen MR) is 95.6 cm³/mol. The van der Waals surface area contributed by atoms with Crippen LogP contribution in [0.3, 0.4) is 0 Å². The fourth-order valence-electron chi connectivity index (χ4n) is 2.66. The van der Waals surface area contributed by atoms with E-state index in [1.54, 1.807) is 44.6 Å². The van der Waals surface area contributed by atoms with Crippen molar-refractivity contribution in [2.75, 3.05) is 25.8 Å². The molecule has 0 unspecified atom stereocenters. The average Bonchev–Trinajstić information content (AvgIpc) is 2.89. The Bertz CT molecular complexity index is 993. The van der Waals surface area contributed by atoms with E-state index in [9.17, 15) is 13.2 Å². The van der Waals surface area contributed by atoms with Gasteiger partial charge in [-0.3, -0.25) is 4.79 Å². The highest BCUT2D eigenvalue weighted by Crippen LogP contribution is 2.36. The lowest BCUT2D eigenvalue weighted by atomic mass is 10.0. The second-order valence-corrected chi connectivity index (χ2v) is 7.62. The molecule has 0 spiro atoms. The Hall–Kier alpha value is -2.80. The minimum Gasteiger partial charge on any atom is -0.497 e.